The lowest BCUT2D eigenvalue weighted by Gasteiger charge is -2.17. The summed E-state index contributed by atoms with van der Waals surface area (Å²) in [6.45, 7) is 0.923. The Morgan fingerprint density at radius 3 is 2.69 bits per heavy atom. The van der Waals surface area contributed by atoms with Gasteiger partial charge in [0.25, 0.3) is 0 Å². The van der Waals surface area contributed by atoms with Crippen LogP contribution in [-0.2, 0) is 14.8 Å². The van der Waals surface area contributed by atoms with E-state index in [4.69, 9.17) is 11.6 Å². The van der Waals surface area contributed by atoms with E-state index in [1.807, 2.05) is 18.2 Å². The molecule has 1 saturated carbocycles. The summed E-state index contributed by atoms with van der Waals surface area (Å²) in [7, 11) is -3.30. The topological polar surface area (TPSA) is 66.5 Å². The van der Waals surface area contributed by atoms with E-state index in [1.54, 1.807) is 17.0 Å². The van der Waals surface area contributed by atoms with Crippen LogP contribution in [0.3, 0.4) is 0 Å². The fourth-order valence-corrected chi connectivity index (χ4v) is 5.21. The van der Waals surface area contributed by atoms with Gasteiger partial charge in [0.05, 0.1) is 6.26 Å². The summed E-state index contributed by atoms with van der Waals surface area (Å²) in [5, 5.41) is 0.539. The Morgan fingerprint density at radius 1 is 1.21 bits per heavy atom. The average molecular weight is 437 g/mol. The van der Waals surface area contributed by atoms with E-state index in [9.17, 15) is 17.6 Å². The third-order valence-electron chi connectivity index (χ3n) is 5.57. The zero-order valence-electron chi connectivity index (χ0n) is 15.9. The minimum atomic E-state index is -3.30. The van der Waals surface area contributed by atoms with Gasteiger partial charge in [0.15, 0.2) is 0 Å². The third-order valence-corrected chi connectivity index (χ3v) is 6.66. The molecule has 1 heterocycles. The van der Waals surface area contributed by atoms with Crippen LogP contribution in [-0.4, -0.2) is 44.6 Å². The molecule has 0 spiro atoms. The first kappa shape index (κ1) is 20.3. The number of nitrogens with zero attached hydrogens (tertiary/aromatic N) is 1. The van der Waals surface area contributed by atoms with Crippen molar-refractivity contribution in [2.75, 3.05) is 19.3 Å². The van der Waals surface area contributed by atoms with E-state index in [-0.39, 0.29) is 29.6 Å². The Bertz CT molecular complexity index is 1060. The molecule has 2 aliphatic rings. The van der Waals surface area contributed by atoms with Crippen LogP contribution < -0.4 is 4.72 Å². The molecule has 0 bridgehead atoms. The molecule has 1 aliphatic carbocycles. The molecule has 1 saturated heterocycles. The molecule has 1 amide bonds. The molecule has 0 radical (unpaired) electrons. The first-order valence-corrected chi connectivity index (χ1v) is 11.8. The van der Waals surface area contributed by atoms with Crippen LogP contribution in [0.1, 0.15) is 24.3 Å². The minimum absolute atomic E-state index is 0.0105. The van der Waals surface area contributed by atoms with Crippen molar-refractivity contribution >= 4 is 27.5 Å². The number of benzene rings is 2. The molecular formula is C21H22ClFN2O3S. The van der Waals surface area contributed by atoms with Crippen LogP contribution in [0.5, 0.6) is 0 Å². The number of carbonyl (C=O) groups excluding carboxylic acids is 1. The number of likely N-dealkylation sites (tertiary alicyclic amines) is 1. The number of sulfonamides is 1. The lowest BCUT2D eigenvalue weighted by atomic mass is 9.95. The molecule has 5 nitrogen and oxygen atoms in total. The highest BCUT2D eigenvalue weighted by molar-refractivity contribution is 7.88. The molecule has 2 aromatic carbocycles. The summed E-state index contributed by atoms with van der Waals surface area (Å²) in [6, 6.07) is 11.7. The number of halogens is 2. The van der Waals surface area contributed by atoms with Crippen LogP contribution in [0.15, 0.2) is 42.5 Å². The maximum absolute atomic E-state index is 14.0. The molecule has 0 aromatic heterocycles. The first-order valence-electron chi connectivity index (χ1n) is 9.53. The van der Waals surface area contributed by atoms with Crippen LogP contribution in [0, 0.1) is 11.7 Å². The number of nitrogens with one attached hydrogen (secondary N) is 1. The molecule has 29 heavy (non-hydrogen) atoms. The second kappa shape index (κ2) is 7.70. The van der Waals surface area contributed by atoms with Gasteiger partial charge in [-0.05, 0) is 48.1 Å². The Hall–Kier alpha value is -1.96. The molecule has 1 N–H and O–H groups in total. The van der Waals surface area contributed by atoms with Crippen molar-refractivity contribution < 1.29 is 17.6 Å². The van der Waals surface area contributed by atoms with Gasteiger partial charge >= 0.3 is 0 Å². The van der Waals surface area contributed by atoms with Gasteiger partial charge in [0.1, 0.15) is 5.82 Å². The van der Waals surface area contributed by atoms with Crippen LogP contribution >= 0.6 is 11.6 Å². The third kappa shape index (κ3) is 4.47. The van der Waals surface area contributed by atoms with Crippen LogP contribution in [0.4, 0.5) is 4.39 Å². The molecule has 4 rings (SSSR count). The van der Waals surface area contributed by atoms with E-state index in [1.165, 1.54) is 12.1 Å². The molecular weight excluding hydrogens is 415 g/mol. The van der Waals surface area contributed by atoms with Crippen molar-refractivity contribution in [1.82, 2.24) is 9.62 Å². The van der Waals surface area contributed by atoms with E-state index in [0.29, 0.717) is 36.5 Å². The van der Waals surface area contributed by atoms with Gasteiger partial charge in [0.2, 0.25) is 15.9 Å². The largest absolute Gasteiger partial charge is 0.341 e. The molecule has 2 aromatic rings. The quantitative estimate of drug-likeness (QED) is 0.781. The predicted molar refractivity (Wildman–Crippen MR) is 111 cm³/mol. The van der Waals surface area contributed by atoms with Crippen LogP contribution in [0.2, 0.25) is 5.02 Å². The summed E-state index contributed by atoms with van der Waals surface area (Å²) in [5.74, 6) is -0.473. The van der Waals surface area contributed by atoms with Crippen molar-refractivity contribution in [2.45, 2.75) is 24.8 Å². The lowest BCUT2D eigenvalue weighted by molar-refractivity contribution is -0.131. The number of amides is 1. The Balaban J connectivity index is 1.51. The zero-order valence-corrected chi connectivity index (χ0v) is 17.5. The second-order valence-electron chi connectivity index (χ2n) is 7.82. The molecule has 0 unspecified atom stereocenters. The zero-order chi connectivity index (χ0) is 20.8. The van der Waals surface area contributed by atoms with E-state index in [2.05, 4.69) is 4.72 Å². The maximum atomic E-state index is 14.0. The molecule has 2 fully saturated rings. The molecule has 3 atom stereocenters. The van der Waals surface area contributed by atoms with Crippen LogP contribution in [0.25, 0.3) is 11.1 Å². The van der Waals surface area contributed by atoms with Gasteiger partial charge in [-0.2, -0.15) is 0 Å². The normalized spacial score (nSPS) is 24.0. The SMILES string of the molecule is CS(=O)(=O)N[C@H]1CCN(C(=O)[C@@H]2C[C@H]2c2ccc(F)cc2-c2ccccc2Cl)C1. The summed E-state index contributed by atoms with van der Waals surface area (Å²) in [5.41, 5.74) is 2.39. The standard InChI is InChI=1S/C21H22ClFN2O3S/c1-29(27,28)24-14-8-9-25(12-14)21(26)19-11-18(19)15-7-6-13(23)10-17(15)16-4-2-3-5-20(16)22/h2-7,10,14,18-19,24H,8-9,11-12H2,1H3/t14-,18-,19+/m0/s1. The Kier molecular flexibility index (Phi) is 5.40. The number of carbonyl (C=O) groups is 1. The monoisotopic (exact) mass is 436 g/mol. The molecule has 8 heteroatoms. The van der Waals surface area contributed by atoms with Gasteiger partial charge in [-0.15, -0.1) is 0 Å². The van der Waals surface area contributed by atoms with Crippen molar-refractivity contribution in [1.29, 1.82) is 0 Å². The van der Waals surface area contributed by atoms with E-state index < -0.39 is 10.0 Å². The molecule has 1 aliphatic heterocycles. The summed E-state index contributed by atoms with van der Waals surface area (Å²) >= 11 is 6.33. The lowest BCUT2D eigenvalue weighted by Crippen LogP contribution is -2.38. The van der Waals surface area contributed by atoms with Crippen molar-refractivity contribution in [3.05, 3.63) is 58.9 Å². The fraction of sp³-hybridized carbons (Fsp3) is 0.381. The van der Waals surface area contributed by atoms with Gasteiger partial charge < -0.3 is 4.90 Å². The Morgan fingerprint density at radius 2 is 1.97 bits per heavy atom. The second-order valence-corrected chi connectivity index (χ2v) is 10.0. The number of rotatable bonds is 5. The van der Waals surface area contributed by atoms with E-state index >= 15 is 0 Å². The van der Waals surface area contributed by atoms with Gasteiger partial charge in [-0.3, -0.25) is 4.79 Å². The van der Waals surface area contributed by atoms with Crippen molar-refractivity contribution in [3.63, 3.8) is 0 Å². The van der Waals surface area contributed by atoms with Crippen molar-refractivity contribution in [3.8, 4) is 11.1 Å². The number of hydrogen-bond acceptors (Lipinski definition) is 3. The van der Waals surface area contributed by atoms with Crippen molar-refractivity contribution in [2.24, 2.45) is 5.92 Å². The highest BCUT2D eigenvalue weighted by Crippen LogP contribution is 2.52. The average Bonchev–Trinajstić information content (AvgIpc) is 3.31. The maximum Gasteiger partial charge on any atom is 0.226 e. The molecule has 154 valence electrons. The smallest absolute Gasteiger partial charge is 0.226 e. The summed E-state index contributed by atoms with van der Waals surface area (Å²) < 4.78 is 39.4. The van der Waals surface area contributed by atoms with Gasteiger partial charge in [-0.1, -0.05) is 35.9 Å². The summed E-state index contributed by atoms with van der Waals surface area (Å²) in [4.78, 5) is 14.7. The number of hydrogen-bond donors (Lipinski definition) is 1. The minimum Gasteiger partial charge on any atom is -0.341 e. The highest BCUT2D eigenvalue weighted by Gasteiger charge is 2.47. The fourth-order valence-electron chi connectivity index (χ4n) is 4.17. The van der Waals surface area contributed by atoms with E-state index in [0.717, 1.165) is 17.4 Å². The van der Waals surface area contributed by atoms with Gasteiger partial charge in [-0.25, -0.2) is 17.5 Å². The predicted octanol–water partition coefficient (Wildman–Crippen LogP) is 3.40. The summed E-state index contributed by atoms with van der Waals surface area (Å²) in [6.07, 6.45) is 2.43. The first-order chi connectivity index (χ1) is 13.7. The Labute approximate surface area is 174 Å². The van der Waals surface area contributed by atoms with Gasteiger partial charge in [0, 0.05) is 35.6 Å². The highest BCUT2D eigenvalue weighted by atomic mass is 35.5.